The first-order valence-electron chi connectivity index (χ1n) is 4.51. The predicted octanol–water partition coefficient (Wildman–Crippen LogP) is 1.31. The lowest BCUT2D eigenvalue weighted by Gasteiger charge is -1.98. The molecule has 0 saturated heterocycles. The van der Waals surface area contributed by atoms with E-state index in [0.717, 1.165) is 18.3 Å². The Kier molecular flexibility index (Phi) is 1.89. The maximum absolute atomic E-state index is 4.50. The minimum atomic E-state index is 0.748. The van der Waals surface area contributed by atoms with Gasteiger partial charge in [-0.1, -0.05) is 0 Å². The third-order valence-corrected chi connectivity index (χ3v) is 2.25. The number of hydrogen-bond donors (Lipinski definition) is 2. The van der Waals surface area contributed by atoms with Crippen molar-refractivity contribution in [1.82, 2.24) is 15.3 Å². The van der Waals surface area contributed by atoms with Crippen LogP contribution in [0.4, 0.5) is 0 Å². The van der Waals surface area contributed by atoms with Gasteiger partial charge in [-0.2, -0.15) is 0 Å². The van der Waals surface area contributed by atoms with E-state index in [2.05, 4.69) is 15.3 Å². The Hall–Kier alpha value is -0.830. The van der Waals surface area contributed by atoms with Crippen molar-refractivity contribution in [2.24, 2.45) is 0 Å². The number of aromatic amines is 1. The molecule has 2 rings (SSSR count). The lowest BCUT2D eigenvalue weighted by atomic mass is 10.2. The van der Waals surface area contributed by atoms with E-state index in [1.165, 1.54) is 24.2 Å². The minimum Gasteiger partial charge on any atom is -0.345 e. The molecule has 1 aliphatic carbocycles. The Balaban J connectivity index is 2.24. The van der Waals surface area contributed by atoms with Crippen LogP contribution < -0.4 is 5.32 Å². The van der Waals surface area contributed by atoms with Crippen molar-refractivity contribution in [3.63, 3.8) is 0 Å². The SMILES string of the molecule is CNCc1[nH]c(C)nc1C1CC1. The van der Waals surface area contributed by atoms with Crippen LogP contribution in [0.15, 0.2) is 0 Å². The number of hydrogen-bond acceptors (Lipinski definition) is 2. The number of nitrogens with zero attached hydrogens (tertiary/aromatic N) is 1. The summed E-state index contributed by atoms with van der Waals surface area (Å²) in [5, 5.41) is 3.15. The molecule has 0 unspecified atom stereocenters. The molecule has 1 fully saturated rings. The molecule has 0 spiro atoms. The van der Waals surface area contributed by atoms with E-state index < -0.39 is 0 Å². The first-order valence-corrected chi connectivity index (χ1v) is 4.51. The Bertz CT molecular complexity index is 273. The fourth-order valence-electron chi connectivity index (χ4n) is 1.56. The minimum absolute atomic E-state index is 0.748. The van der Waals surface area contributed by atoms with Gasteiger partial charge in [0.05, 0.1) is 11.4 Å². The van der Waals surface area contributed by atoms with Crippen molar-refractivity contribution >= 4 is 0 Å². The van der Waals surface area contributed by atoms with Crippen LogP contribution >= 0.6 is 0 Å². The third-order valence-electron chi connectivity index (χ3n) is 2.25. The molecule has 0 aromatic carbocycles. The summed E-state index contributed by atoms with van der Waals surface area (Å²) in [6.45, 7) is 2.93. The second kappa shape index (κ2) is 2.90. The first kappa shape index (κ1) is 7.80. The monoisotopic (exact) mass is 165 g/mol. The quantitative estimate of drug-likeness (QED) is 0.709. The summed E-state index contributed by atoms with van der Waals surface area (Å²) in [4.78, 5) is 7.79. The van der Waals surface area contributed by atoms with Gasteiger partial charge in [-0.15, -0.1) is 0 Å². The molecule has 1 heterocycles. The zero-order valence-corrected chi connectivity index (χ0v) is 7.65. The highest BCUT2D eigenvalue weighted by Gasteiger charge is 2.28. The Morgan fingerprint density at radius 2 is 2.33 bits per heavy atom. The predicted molar refractivity (Wildman–Crippen MR) is 48.1 cm³/mol. The van der Waals surface area contributed by atoms with Crippen LogP contribution in [0.25, 0.3) is 0 Å². The molecule has 66 valence electrons. The van der Waals surface area contributed by atoms with Gasteiger partial charge in [0.15, 0.2) is 0 Å². The molecular weight excluding hydrogens is 150 g/mol. The summed E-state index contributed by atoms with van der Waals surface area (Å²) in [6.07, 6.45) is 2.64. The maximum Gasteiger partial charge on any atom is 0.103 e. The summed E-state index contributed by atoms with van der Waals surface area (Å²) in [7, 11) is 1.97. The van der Waals surface area contributed by atoms with Gasteiger partial charge in [0, 0.05) is 12.5 Å². The lowest BCUT2D eigenvalue weighted by Crippen LogP contribution is -2.07. The number of imidazole rings is 1. The highest BCUT2D eigenvalue weighted by Crippen LogP contribution is 2.40. The number of aryl methyl sites for hydroxylation is 1. The van der Waals surface area contributed by atoms with E-state index in [4.69, 9.17) is 0 Å². The second-order valence-corrected chi connectivity index (χ2v) is 3.49. The van der Waals surface area contributed by atoms with Crippen molar-refractivity contribution in [3.8, 4) is 0 Å². The molecule has 0 aliphatic heterocycles. The number of aromatic nitrogens is 2. The van der Waals surface area contributed by atoms with Crippen molar-refractivity contribution in [3.05, 3.63) is 17.2 Å². The first-order chi connectivity index (χ1) is 5.81. The van der Waals surface area contributed by atoms with E-state index in [1.807, 2.05) is 14.0 Å². The standard InChI is InChI=1S/C9H15N3/c1-6-11-8(5-10-2)9(12-6)7-3-4-7/h7,10H,3-5H2,1-2H3,(H,11,12). The normalized spacial score (nSPS) is 16.8. The number of H-pyrrole nitrogens is 1. The molecule has 1 aromatic heterocycles. The summed E-state index contributed by atoms with van der Waals surface area (Å²) in [5.74, 6) is 1.79. The van der Waals surface area contributed by atoms with Gasteiger partial charge in [-0.3, -0.25) is 0 Å². The van der Waals surface area contributed by atoms with Gasteiger partial charge in [-0.05, 0) is 26.8 Å². The van der Waals surface area contributed by atoms with E-state index in [9.17, 15) is 0 Å². The highest BCUT2D eigenvalue weighted by molar-refractivity contribution is 5.22. The molecular formula is C9H15N3. The summed E-state index contributed by atoms with van der Waals surface area (Å²) >= 11 is 0. The van der Waals surface area contributed by atoms with Crippen LogP contribution in [0.1, 0.15) is 36.0 Å². The van der Waals surface area contributed by atoms with Gasteiger partial charge in [0.1, 0.15) is 5.82 Å². The van der Waals surface area contributed by atoms with Crippen molar-refractivity contribution in [1.29, 1.82) is 0 Å². The Labute approximate surface area is 72.6 Å². The summed E-state index contributed by atoms with van der Waals surface area (Å²) < 4.78 is 0. The van der Waals surface area contributed by atoms with E-state index in [-0.39, 0.29) is 0 Å². The molecule has 0 bridgehead atoms. The van der Waals surface area contributed by atoms with Gasteiger partial charge in [0.25, 0.3) is 0 Å². The molecule has 3 heteroatoms. The molecule has 1 saturated carbocycles. The van der Waals surface area contributed by atoms with Crippen LogP contribution in [0.3, 0.4) is 0 Å². The molecule has 3 nitrogen and oxygen atoms in total. The van der Waals surface area contributed by atoms with Crippen LogP contribution in [-0.2, 0) is 6.54 Å². The van der Waals surface area contributed by atoms with Crippen LogP contribution in [0.5, 0.6) is 0 Å². The highest BCUT2D eigenvalue weighted by atomic mass is 15.0. The molecule has 0 atom stereocenters. The van der Waals surface area contributed by atoms with E-state index in [1.54, 1.807) is 0 Å². The van der Waals surface area contributed by atoms with E-state index in [0.29, 0.717) is 0 Å². The van der Waals surface area contributed by atoms with Crippen LogP contribution in [0, 0.1) is 6.92 Å². The van der Waals surface area contributed by atoms with Gasteiger partial charge in [-0.25, -0.2) is 4.98 Å². The molecule has 1 aromatic rings. The topological polar surface area (TPSA) is 40.7 Å². The fraction of sp³-hybridized carbons (Fsp3) is 0.667. The number of nitrogens with one attached hydrogen (secondary N) is 2. The Morgan fingerprint density at radius 3 is 2.92 bits per heavy atom. The summed E-state index contributed by atoms with van der Waals surface area (Å²) in [5.41, 5.74) is 2.57. The average molecular weight is 165 g/mol. The fourth-order valence-corrected chi connectivity index (χ4v) is 1.56. The van der Waals surface area contributed by atoms with Crippen LogP contribution in [0.2, 0.25) is 0 Å². The lowest BCUT2D eigenvalue weighted by molar-refractivity contribution is 0.781. The molecule has 1 aliphatic rings. The largest absolute Gasteiger partial charge is 0.345 e. The molecule has 0 amide bonds. The molecule has 0 radical (unpaired) electrons. The van der Waals surface area contributed by atoms with E-state index >= 15 is 0 Å². The van der Waals surface area contributed by atoms with Gasteiger partial charge in [0.2, 0.25) is 0 Å². The van der Waals surface area contributed by atoms with Crippen molar-refractivity contribution in [2.75, 3.05) is 7.05 Å². The Morgan fingerprint density at radius 1 is 1.58 bits per heavy atom. The van der Waals surface area contributed by atoms with Gasteiger partial charge >= 0.3 is 0 Å². The number of rotatable bonds is 3. The second-order valence-electron chi connectivity index (χ2n) is 3.49. The molecule has 12 heavy (non-hydrogen) atoms. The van der Waals surface area contributed by atoms with Crippen molar-refractivity contribution in [2.45, 2.75) is 32.2 Å². The zero-order valence-electron chi connectivity index (χ0n) is 7.65. The zero-order chi connectivity index (χ0) is 8.55. The molecule has 2 N–H and O–H groups in total. The maximum atomic E-state index is 4.50. The third kappa shape index (κ3) is 1.37. The average Bonchev–Trinajstić information content (AvgIpc) is 2.79. The smallest absolute Gasteiger partial charge is 0.103 e. The van der Waals surface area contributed by atoms with Crippen LogP contribution in [-0.4, -0.2) is 17.0 Å². The van der Waals surface area contributed by atoms with Crippen molar-refractivity contribution < 1.29 is 0 Å². The van der Waals surface area contributed by atoms with Gasteiger partial charge < -0.3 is 10.3 Å². The summed E-state index contributed by atoms with van der Waals surface area (Å²) in [6, 6.07) is 0.